The molecule has 7 heteroatoms. The van der Waals surface area contributed by atoms with Gasteiger partial charge in [0.1, 0.15) is 0 Å². The van der Waals surface area contributed by atoms with Gasteiger partial charge in [-0.1, -0.05) is 12.8 Å². The van der Waals surface area contributed by atoms with Gasteiger partial charge in [-0.25, -0.2) is 0 Å². The summed E-state index contributed by atoms with van der Waals surface area (Å²) in [6.07, 6.45) is 4.02. The molecule has 0 unspecified atom stereocenters. The van der Waals surface area contributed by atoms with Crippen LogP contribution in [0.2, 0.25) is 0 Å². The zero-order valence-electron chi connectivity index (χ0n) is 10.0. The molecule has 18 heavy (non-hydrogen) atoms. The highest BCUT2D eigenvalue weighted by atomic mass is 16.5. The smallest absolute Gasteiger partial charge is 0.337 e. The minimum Gasteiger partial charge on any atom is -0.493 e. The van der Waals surface area contributed by atoms with Gasteiger partial charge in [0.2, 0.25) is 11.7 Å². The van der Waals surface area contributed by atoms with Crippen molar-refractivity contribution in [3.8, 4) is 11.9 Å². The first-order chi connectivity index (χ1) is 8.70. The van der Waals surface area contributed by atoms with Gasteiger partial charge in [0, 0.05) is 0 Å². The molecule has 2 N–H and O–H groups in total. The average Bonchev–Trinajstić information content (AvgIpc) is 2.97. The highest BCUT2D eigenvalue weighted by molar-refractivity contribution is 5.38. The molecule has 0 amide bonds. The van der Waals surface area contributed by atoms with Gasteiger partial charge in [0.05, 0.1) is 12.7 Å². The predicted octanol–water partition coefficient (Wildman–Crippen LogP) is 0.789. The Balaban J connectivity index is 2.22. The van der Waals surface area contributed by atoms with Gasteiger partial charge in [-0.2, -0.15) is 9.50 Å². The van der Waals surface area contributed by atoms with Crippen LogP contribution in [0, 0.1) is 0 Å². The molecule has 0 atom stereocenters. The highest BCUT2D eigenvalue weighted by Gasteiger charge is 2.26. The lowest BCUT2D eigenvalue weighted by Crippen LogP contribution is -2.18. The van der Waals surface area contributed by atoms with Crippen LogP contribution in [0.25, 0.3) is 5.78 Å². The number of methoxy groups -OCH3 is 1. The van der Waals surface area contributed by atoms with Crippen molar-refractivity contribution in [2.75, 3.05) is 7.11 Å². The average molecular weight is 250 g/mol. The third-order valence-corrected chi connectivity index (χ3v) is 3.45. The molecule has 7 nitrogen and oxygen atoms in total. The molecule has 0 aliphatic heterocycles. The van der Waals surface area contributed by atoms with Gasteiger partial charge in [-0.3, -0.25) is 9.78 Å². The van der Waals surface area contributed by atoms with Crippen molar-refractivity contribution in [2.45, 2.75) is 31.6 Å². The maximum Gasteiger partial charge on any atom is 0.337 e. The summed E-state index contributed by atoms with van der Waals surface area (Å²) < 4.78 is 6.10. The number of rotatable bonds is 2. The Kier molecular flexibility index (Phi) is 2.46. The second kappa shape index (κ2) is 4.01. The molecule has 1 aliphatic rings. The molecule has 1 saturated carbocycles. The molecule has 1 fully saturated rings. The van der Waals surface area contributed by atoms with Crippen LogP contribution in [-0.4, -0.2) is 31.8 Å². The Morgan fingerprint density at radius 2 is 2.17 bits per heavy atom. The number of fused-ring (bicyclic) bond motifs is 1. The number of nitrogens with one attached hydrogen (secondary N) is 1. The van der Waals surface area contributed by atoms with E-state index in [-0.39, 0.29) is 29.1 Å². The van der Waals surface area contributed by atoms with E-state index < -0.39 is 0 Å². The van der Waals surface area contributed by atoms with Crippen molar-refractivity contribution in [1.82, 2.24) is 19.6 Å². The third-order valence-electron chi connectivity index (χ3n) is 3.45. The standard InChI is InChI=1S/C11H14N4O3/c1-18-11-13-10-12-8(16)7(6-4-2-3-5-6)9(17)15(10)14-11/h6,17H,2-5H2,1H3,(H,12,13,14,16). The Hall–Kier alpha value is -2.05. The third kappa shape index (κ3) is 1.54. The Bertz CT molecular complexity index is 640. The SMILES string of the molecule is COc1nc2[nH]c(=O)c(C3CCCC3)c(O)n2n1. The van der Waals surface area contributed by atoms with Gasteiger partial charge in [-0.15, -0.1) is 5.10 Å². The summed E-state index contributed by atoms with van der Waals surface area (Å²) in [5.41, 5.74) is 0.120. The van der Waals surface area contributed by atoms with Gasteiger partial charge in [0.15, 0.2) is 0 Å². The summed E-state index contributed by atoms with van der Waals surface area (Å²) >= 11 is 0. The van der Waals surface area contributed by atoms with Crippen LogP contribution in [0.5, 0.6) is 11.9 Å². The Labute approximate surface area is 102 Å². The molecule has 0 bridgehead atoms. The number of nitrogens with zero attached hydrogens (tertiary/aromatic N) is 3. The normalized spacial score (nSPS) is 16.5. The molecule has 2 aromatic heterocycles. The number of aromatic hydroxyl groups is 1. The molecule has 3 rings (SSSR count). The summed E-state index contributed by atoms with van der Waals surface area (Å²) in [5.74, 6) is 0.167. The summed E-state index contributed by atoms with van der Waals surface area (Å²) in [7, 11) is 1.43. The number of ether oxygens (including phenoxy) is 1. The fraction of sp³-hybridized carbons (Fsp3) is 0.545. The molecular weight excluding hydrogens is 236 g/mol. The summed E-state index contributed by atoms with van der Waals surface area (Å²) in [6.45, 7) is 0. The fourth-order valence-corrected chi connectivity index (χ4v) is 2.58. The van der Waals surface area contributed by atoms with Crippen LogP contribution in [0.1, 0.15) is 37.2 Å². The minimum atomic E-state index is -0.290. The lowest BCUT2D eigenvalue weighted by molar-refractivity contribution is 0.373. The van der Waals surface area contributed by atoms with Crippen LogP contribution < -0.4 is 10.3 Å². The van der Waals surface area contributed by atoms with E-state index in [0.717, 1.165) is 25.7 Å². The van der Waals surface area contributed by atoms with E-state index in [1.54, 1.807) is 0 Å². The molecule has 0 radical (unpaired) electrons. The zero-order valence-corrected chi connectivity index (χ0v) is 10.0. The van der Waals surface area contributed by atoms with Gasteiger partial charge in [0.25, 0.3) is 5.56 Å². The topological polar surface area (TPSA) is 92.5 Å². The van der Waals surface area contributed by atoms with Crippen molar-refractivity contribution in [2.24, 2.45) is 0 Å². The molecule has 2 heterocycles. The second-order valence-electron chi connectivity index (χ2n) is 4.51. The number of aromatic amines is 1. The van der Waals surface area contributed by atoms with Crippen LogP contribution in [0.3, 0.4) is 0 Å². The van der Waals surface area contributed by atoms with Crippen LogP contribution in [0.15, 0.2) is 4.79 Å². The summed E-state index contributed by atoms with van der Waals surface area (Å²) in [4.78, 5) is 18.6. The summed E-state index contributed by atoms with van der Waals surface area (Å²) in [5, 5.41) is 14.2. The van der Waals surface area contributed by atoms with Crippen molar-refractivity contribution < 1.29 is 9.84 Å². The lowest BCUT2D eigenvalue weighted by Gasteiger charge is -2.10. The lowest BCUT2D eigenvalue weighted by atomic mass is 10.0. The molecule has 0 aromatic carbocycles. The Morgan fingerprint density at radius 1 is 1.44 bits per heavy atom. The first-order valence-electron chi connectivity index (χ1n) is 5.96. The van der Waals surface area contributed by atoms with E-state index >= 15 is 0 Å². The zero-order chi connectivity index (χ0) is 12.7. The van der Waals surface area contributed by atoms with Gasteiger partial charge < -0.3 is 9.84 Å². The number of H-pyrrole nitrogens is 1. The van der Waals surface area contributed by atoms with Crippen molar-refractivity contribution in [3.63, 3.8) is 0 Å². The number of hydrogen-bond acceptors (Lipinski definition) is 5. The highest BCUT2D eigenvalue weighted by Crippen LogP contribution is 2.36. The fourth-order valence-electron chi connectivity index (χ4n) is 2.58. The molecular formula is C11H14N4O3. The molecule has 2 aromatic rings. The Morgan fingerprint density at radius 3 is 2.83 bits per heavy atom. The molecule has 0 spiro atoms. The predicted molar refractivity (Wildman–Crippen MR) is 63.0 cm³/mol. The minimum absolute atomic E-state index is 0.105. The second-order valence-corrected chi connectivity index (χ2v) is 4.51. The maximum atomic E-state index is 12.0. The molecule has 96 valence electrons. The van der Waals surface area contributed by atoms with Crippen molar-refractivity contribution in [3.05, 3.63) is 15.9 Å². The number of hydrogen-bond donors (Lipinski definition) is 2. The van der Waals surface area contributed by atoms with E-state index in [2.05, 4.69) is 15.1 Å². The van der Waals surface area contributed by atoms with E-state index in [0.29, 0.717) is 5.56 Å². The van der Waals surface area contributed by atoms with E-state index in [1.165, 1.54) is 11.6 Å². The van der Waals surface area contributed by atoms with Crippen LogP contribution in [0.4, 0.5) is 0 Å². The first kappa shape index (κ1) is 11.1. The summed E-state index contributed by atoms with van der Waals surface area (Å²) in [6, 6.07) is 0.115. The largest absolute Gasteiger partial charge is 0.493 e. The number of aromatic nitrogens is 4. The quantitative estimate of drug-likeness (QED) is 0.822. The van der Waals surface area contributed by atoms with Crippen molar-refractivity contribution >= 4 is 5.78 Å². The van der Waals surface area contributed by atoms with E-state index in [1.807, 2.05) is 0 Å². The first-order valence-corrected chi connectivity index (χ1v) is 5.96. The molecule has 1 aliphatic carbocycles. The van der Waals surface area contributed by atoms with Gasteiger partial charge in [-0.05, 0) is 18.8 Å². The maximum absolute atomic E-state index is 12.0. The van der Waals surface area contributed by atoms with Gasteiger partial charge >= 0.3 is 6.01 Å². The van der Waals surface area contributed by atoms with Crippen LogP contribution >= 0.6 is 0 Å². The van der Waals surface area contributed by atoms with Crippen molar-refractivity contribution in [1.29, 1.82) is 0 Å². The van der Waals surface area contributed by atoms with E-state index in [9.17, 15) is 9.90 Å². The monoisotopic (exact) mass is 250 g/mol. The van der Waals surface area contributed by atoms with E-state index in [4.69, 9.17) is 4.74 Å². The molecule has 0 saturated heterocycles. The van der Waals surface area contributed by atoms with Crippen LogP contribution in [-0.2, 0) is 0 Å².